The maximum Gasteiger partial charge on any atom is 0.331 e. The van der Waals surface area contributed by atoms with Crippen LogP contribution < -0.4 is 4.74 Å². The van der Waals surface area contributed by atoms with Gasteiger partial charge in [0.05, 0.1) is 5.02 Å². The monoisotopic (exact) mass is 378 g/mol. The standard InChI is InChI=1S/C23H19ClO3/c1-2-14-26-23(25)13-11-17-10-12-22(21(24)15-17)27-16-19-8-5-7-18-6-3-4-9-20(18)19/h2-13,15H,1,14,16H2/b13-11+. The highest BCUT2D eigenvalue weighted by Gasteiger charge is 2.05. The van der Waals surface area contributed by atoms with Gasteiger partial charge in [-0.05, 0) is 40.1 Å². The zero-order valence-corrected chi connectivity index (χ0v) is 15.5. The lowest BCUT2D eigenvalue weighted by Crippen LogP contribution is -1.99. The average Bonchev–Trinajstić information content (AvgIpc) is 2.70. The average molecular weight is 379 g/mol. The van der Waals surface area contributed by atoms with Crippen molar-refractivity contribution in [2.75, 3.05) is 6.61 Å². The molecule has 0 N–H and O–H groups in total. The Bertz CT molecular complexity index is 987. The summed E-state index contributed by atoms with van der Waals surface area (Å²) in [4.78, 5) is 11.5. The summed E-state index contributed by atoms with van der Waals surface area (Å²) in [5.41, 5.74) is 1.88. The summed E-state index contributed by atoms with van der Waals surface area (Å²) >= 11 is 6.32. The summed E-state index contributed by atoms with van der Waals surface area (Å²) in [5, 5.41) is 2.82. The van der Waals surface area contributed by atoms with Crippen LogP contribution in [-0.2, 0) is 16.1 Å². The number of ether oxygens (including phenoxy) is 2. The zero-order valence-electron chi connectivity index (χ0n) is 14.7. The lowest BCUT2D eigenvalue weighted by atomic mass is 10.1. The van der Waals surface area contributed by atoms with Crippen molar-refractivity contribution in [2.45, 2.75) is 6.61 Å². The molecule has 0 fully saturated rings. The molecule has 0 unspecified atom stereocenters. The summed E-state index contributed by atoms with van der Waals surface area (Å²) in [6.07, 6.45) is 4.52. The van der Waals surface area contributed by atoms with Gasteiger partial charge in [0.25, 0.3) is 0 Å². The van der Waals surface area contributed by atoms with E-state index >= 15 is 0 Å². The molecule has 27 heavy (non-hydrogen) atoms. The van der Waals surface area contributed by atoms with Gasteiger partial charge in [-0.3, -0.25) is 0 Å². The quantitative estimate of drug-likeness (QED) is 0.295. The molecule has 4 heteroatoms. The Hall–Kier alpha value is -3.04. The molecule has 0 saturated heterocycles. The highest BCUT2D eigenvalue weighted by molar-refractivity contribution is 6.32. The molecule has 0 heterocycles. The molecule has 0 aliphatic heterocycles. The van der Waals surface area contributed by atoms with E-state index in [0.29, 0.717) is 17.4 Å². The Morgan fingerprint density at radius 2 is 1.89 bits per heavy atom. The van der Waals surface area contributed by atoms with Crippen LogP contribution in [0.2, 0.25) is 5.02 Å². The van der Waals surface area contributed by atoms with E-state index in [9.17, 15) is 4.79 Å². The molecule has 0 aromatic heterocycles. The fourth-order valence-electron chi connectivity index (χ4n) is 2.67. The van der Waals surface area contributed by atoms with Crippen molar-refractivity contribution in [3.05, 3.63) is 95.5 Å². The van der Waals surface area contributed by atoms with Crippen LogP contribution in [0.25, 0.3) is 16.8 Å². The Morgan fingerprint density at radius 3 is 2.70 bits per heavy atom. The van der Waals surface area contributed by atoms with Gasteiger partial charge >= 0.3 is 5.97 Å². The fraction of sp³-hybridized carbons (Fsp3) is 0.0870. The maximum atomic E-state index is 11.5. The first kappa shape index (κ1) is 18.7. The van der Waals surface area contributed by atoms with Crippen LogP contribution in [0.4, 0.5) is 0 Å². The molecule has 3 nitrogen and oxygen atoms in total. The van der Waals surface area contributed by atoms with Crippen molar-refractivity contribution in [2.24, 2.45) is 0 Å². The van der Waals surface area contributed by atoms with Crippen LogP contribution in [0.1, 0.15) is 11.1 Å². The molecule has 0 aliphatic carbocycles. The van der Waals surface area contributed by atoms with Crippen LogP contribution in [0.15, 0.2) is 79.4 Å². The number of fused-ring (bicyclic) bond motifs is 1. The van der Waals surface area contributed by atoms with Crippen molar-refractivity contribution in [3.63, 3.8) is 0 Å². The molecule has 3 aromatic rings. The Balaban J connectivity index is 1.68. The predicted octanol–water partition coefficient (Wildman–Crippen LogP) is 5.81. The number of carbonyl (C=O) groups excluding carboxylic acids is 1. The molecule has 0 spiro atoms. The summed E-state index contributed by atoms with van der Waals surface area (Å²) in [6, 6.07) is 19.7. The second-order valence-corrected chi connectivity index (χ2v) is 6.28. The van der Waals surface area contributed by atoms with E-state index in [4.69, 9.17) is 21.1 Å². The normalized spacial score (nSPS) is 10.9. The Labute approximate surface area is 163 Å². The molecular formula is C23H19ClO3. The molecule has 3 aromatic carbocycles. The summed E-state index contributed by atoms with van der Waals surface area (Å²) in [6.45, 7) is 4.10. The zero-order chi connectivity index (χ0) is 19.1. The van der Waals surface area contributed by atoms with Gasteiger partial charge in [0.15, 0.2) is 0 Å². The Kier molecular flexibility index (Phi) is 6.29. The molecule has 0 amide bonds. The topological polar surface area (TPSA) is 35.5 Å². The largest absolute Gasteiger partial charge is 0.487 e. The van der Waals surface area contributed by atoms with Crippen LogP contribution in [0, 0.1) is 0 Å². The van der Waals surface area contributed by atoms with Crippen LogP contribution in [0.3, 0.4) is 0 Å². The lowest BCUT2D eigenvalue weighted by molar-refractivity contribution is -0.136. The Morgan fingerprint density at radius 1 is 1.07 bits per heavy atom. The lowest BCUT2D eigenvalue weighted by Gasteiger charge is -2.11. The van der Waals surface area contributed by atoms with Gasteiger partial charge in [-0.1, -0.05) is 72.8 Å². The third-order valence-electron chi connectivity index (χ3n) is 3.97. The van der Waals surface area contributed by atoms with Gasteiger partial charge in [0.2, 0.25) is 0 Å². The maximum absolute atomic E-state index is 11.5. The number of hydrogen-bond donors (Lipinski definition) is 0. The molecular weight excluding hydrogens is 360 g/mol. The second kappa shape index (κ2) is 9.06. The first-order valence-corrected chi connectivity index (χ1v) is 8.90. The highest BCUT2D eigenvalue weighted by atomic mass is 35.5. The first-order valence-electron chi connectivity index (χ1n) is 8.52. The number of halogens is 1. The van der Waals surface area contributed by atoms with E-state index in [-0.39, 0.29) is 6.61 Å². The highest BCUT2D eigenvalue weighted by Crippen LogP contribution is 2.28. The number of carbonyl (C=O) groups is 1. The third-order valence-corrected chi connectivity index (χ3v) is 4.27. The molecule has 0 radical (unpaired) electrons. The van der Waals surface area contributed by atoms with Gasteiger partial charge in [-0.2, -0.15) is 0 Å². The van der Waals surface area contributed by atoms with Crippen molar-refractivity contribution < 1.29 is 14.3 Å². The van der Waals surface area contributed by atoms with E-state index in [1.807, 2.05) is 30.3 Å². The van der Waals surface area contributed by atoms with Crippen LogP contribution >= 0.6 is 11.6 Å². The number of esters is 1. The van der Waals surface area contributed by atoms with Crippen molar-refractivity contribution in [1.29, 1.82) is 0 Å². The van der Waals surface area contributed by atoms with Crippen LogP contribution in [-0.4, -0.2) is 12.6 Å². The minimum atomic E-state index is -0.428. The van der Waals surface area contributed by atoms with Crippen molar-refractivity contribution >= 4 is 34.4 Å². The van der Waals surface area contributed by atoms with Crippen molar-refractivity contribution in [1.82, 2.24) is 0 Å². The molecule has 0 saturated carbocycles. The molecule has 3 rings (SSSR count). The van der Waals surface area contributed by atoms with Gasteiger partial charge < -0.3 is 9.47 Å². The van der Waals surface area contributed by atoms with E-state index in [2.05, 4.69) is 24.8 Å². The smallest absolute Gasteiger partial charge is 0.331 e. The molecule has 0 atom stereocenters. The fourth-order valence-corrected chi connectivity index (χ4v) is 2.91. The van der Waals surface area contributed by atoms with Gasteiger partial charge in [0.1, 0.15) is 19.0 Å². The van der Waals surface area contributed by atoms with Crippen molar-refractivity contribution in [3.8, 4) is 5.75 Å². The molecule has 0 bridgehead atoms. The van der Waals surface area contributed by atoms with Gasteiger partial charge in [0, 0.05) is 6.08 Å². The number of hydrogen-bond acceptors (Lipinski definition) is 3. The SMILES string of the molecule is C=CCOC(=O)/C=C/c1ccc(OCc2cccc3ccccc23)c(Cl)c1. The van der Waals surface area contributed by atoms with E-state index in [1.165, 1.54) is 17.5 Å². The predicted molar refractivity (Wildman–Crippen MR) is 110 cm³/mol. The number of rotatable bonds is 7. The minimum absolute atomic E-state index is 0.185. The summed E-state index contributed by atoms with van der Waals surface area (Å²) < 4.78 is 10.8. The van der Waals surface area contributed by atoms with Gasteiger partial charge in [-0.25, -0.2) is 4.79 Å². The number of benzene rings is 3. The van der Waals surface area contributed by atoms with E-state index in [0.717, 1.165) is 16.5 Å². The first-order chi connectivity index (χ1) is 13.2. The van der Waals surface area contributed by atoms with Crippen LogP contribution in [0.5, 0.6) is 5.75 Å². The molecule has 0 aliphatic rings. The summed E-state index contributed by atoms with van der Waals surface area (Å²) in [7, 11) is 0. The summed E-state index contributed by atoms with van der Waals surface area (Å²) in [5.74, 6) is 0.165. The van der Waals surface area contributed by atoms with E-state index < -0.39 is 5.97 Å². The van der Waals surface area contributed by atoms with Gasteiger partial charge in [-0.15, -0.1) is 0 Å². The second-order valence-electron chi connectivity index (χ2n) is 5.87. The minimum Gasteiger partial charge on any atom is -0.487 e. The van der Waals surface area contributed by atoms with E-state index in [1.54, 1.807) is 18.2 Å². The molecule has 136 valence electrons. The third kappa shape index (κ3) is 4.99.